The van der Waals surface area contributed by atoms with Crippen LogP contribution in [0.1, 0.15) is 0 Å². The molecule has 0 fully saturated rings. The summed E-state index contributed by atoms with van der Waals surface area (Å²) in [6.07, 6.45) is 4.62. The van der Waals surface area contributed by atoms with Gasteiger partial charge in [-0.1, -0.05) is 6.08 Å². The van der Waals surface area contributed by atoms with Gasteiger partial charge in [-0.25, -0.2) is 9.79 Å². The summed E-state index contributed by atoms with van der Waals surface area (Å²) in [4.78, 5) is 29.0. The SMILES string of the molecule is O=C(O)C1=NC(=O)C2=CC(Cl)C=CC2=N1. The van der Waals surface area contributed by atoms with Crippen LogP contribution in [0.3, 0.4) is 0 Å². The van der Waals surface area contributed by atoms with Gasteiger partial charge in [0, 0.05) is 0 Å². The molecular formula is C9H5ClN2O3. The zero-order chi connectivity index (χ0) is 11.0. The lowest BCUT2D eigenvalue weighted by atomic mass is 10.0. The second-order valence-electron chi connectivity index (χ2n) is 2.93. The Bertz CT molecular complexity index is 474. The molecule has 1 unspecified atom stereocenters. The number of halogens is 1. The smallest absolute Gasteiger partial charge is 0.374 e. The molecule has 1 heterocycles. The number of hydrogen-bond acceptors (Lipinski definition) is 3. The molecule has 0 aromatic carbocycles. The molecule has 1 amide bonds. The summed E-state index contributed by atoms with van der Waals surface area (Å²) < 4.78 is 0. The molecule has 0 bridgehead atoms. The number of carbonyl (C=O) groups excluding carboxylic acids is 1. The zero-order valence-corrected chi connectivity index (χ0v) is 8.10. The molecule has 0 saturated heterocycles. The van der Waals surface area contributed by atoms with Gasteiger partial charge in [0.15, 0.2) is 0 Å². The lowest BCUT2D eigenvalue weighted by molar-refractivity contribution is -0.129. The molecule has 0 saturated carbocycles. The van der Waals surface area contributed by atoms with Gasteiger partial charge >= 0.3 is 5.97 Å². The number of carbonyl (C=O) groups is 2. The van der Waals surface area contributed by atoms with Crippen molar-refractivity contribution >= 4 is 35.0 Å². The van der Waals surface area contributed by atoms with Gasteiger partial charge < -0.3 is 5.11 Å². The molecule has 0 radical (unpaired) electrons. The first kappa shape index (κ1) is 9.79. The highest BCUT2D eigenvalue weighted by Gasteiger charge is 2.26. The number of rotatable bonds is 1. The van der Waals surface area contributed by atoms with Gasteiger partial charge in [-0.05, 0) is 12.2 Å². The topological polar surface area (TPSA) is 79.1 Å². The van der Waals surface area contributed by atoms with Crippen molar-refractivity contribution in [1.82, 2.24) is 0 Å². The third kappa shape index (κ3) is 1.73. The minimum atomic E-state index is -1.32. The fraction of sp³-hybridized carbons (Fsp3) is 0.111. The van der Waals surface area contributed by atoms with E-state index >= 15 is 0 Å². The first-order valence-corrected chi connectivity index (χ1v) is 4.51. The number of amides is 1. The molecule has 2 rings (SSSR count). The maximum absolute atomic E-state index is 11.4. The van der Waals surface area contributed by atoms with Gasteiger partial charge in [0.1, 0.15) is 0 Å². The van der Waals surface area contributed by atoms with E-state index < -0.39 is 17.7 Å². The van der Waals surface area contributed by atoms with Gasteiger partial charge in [0.2, 0.25) is 5.84 Å². The second-order valence-corrected chi connectivity index (χ2v) is 3.43. The Morgan fingerprint density at radius 1 is 1.47 bits per heavy atom. The summed E-state index contributed by atoms with van der Waals surface area (Å²) in [5, 5.41) is 8.25. The van der Waals surface area contributed by atoms with Crippen molar-refractivity contribution in [2.75, 3.05) is 0 Å². The minimum absolute atomic E-state index is 0.252. The van der Waals surface area contributed by atoms with Gasteiger partial charge in [-0.2, -0.15) is 4.99 Å². The maximum Gasteiger partial charge on any atom is 0.374 e. The van der Waals surface area contributed by atoms with E-state index in [0.717, 1.165) is 0 Å². The van der Waals surface area contributed by atoms with Gasteiger partial charge in [-0.15, -0.1) is 11.6 Å². The van der Waals surface area contributed by atoms with E-state index in [4.69, 9.17) is 16.7 Å². The number of allylic oxidation sites excluding steroid dienone is 3. The van der Waals surface area contributed by atoms with Crippen LogP contribution in [-0.4, -0.2) is 33.9 Å². The van der Waals surface area contributed by atoms with E-state index in [0.29, 0.717) is 5.71 Å². The molecule has 1 aliphatic carbocycles. The van der Waals surface area contributed by atoms with Crippen molar-refractivity contribution in [3.63, 3.8) is 0 Å². The summed E-state index contributed by atoms with van der Waals surface area (Å²) in [5.41, 5.74) is 0.548. The Hall–Kier alpha value is -1.75. The first-order chi connectivity index (χ1) is 7.08. The van der Waals surface area contributed by atoms with E-state index in [1.807, 2.05) is 0 Å². The van der Waals surface area contributed by atoms with Crippen molar-refractivity contribution in [3.8, 4) is 0 Å². The van der Waals surface area contributed by atoms with Crippen LogP contribution in [0.5, 0.6) is 0 Å². The van der Waals surface area contributed by atoms with Gasteiger partial charge in [-0.3, -0.25) is 4.79 Å². The Morgan fingerprint density at radius 3 is 2.87 bits per heavy atom. The molecule has 0 aromatic rings. The number of aliphatic imine (C=N–C) groups is 2. The standard InChI is InChI=1S/C9H5ClN2O3/c10-4-1-2-6-5(3-4)8(13)12-7(11-6)9(14)15/h1-4H,(H,14,15). The summed E-state index contributed by atoms with van der Waals surface area (Å²) >= 11 is 5.77. The van der Waals surface area contributed by atoms with Crippen molar-refractivity contribution in [1.29, 1.82) is 0 Å². The molecule has 15 heavy (non-hydrogen) atoms. The number of nitrogens with zero attached hydrogens (tertiary/aromatic N) is 2. The van der Waals surface area contributed by atoms with E-state index in [2.05, 4.69) is 9.98 Å². The highest BCUT2D eigenvalue weighted by atomic mass is 35.5. The van der Waals surface area contributed by atoms with Gasteiger partial charge in [0.25, 0.3) is 5.91 Å². The van der Waals surface area contributed by atoms with Crippen molar-refractivity contribution in [2.24, 2.45) is 9.98 Å². The number of amidine groups is 1. The zero-order valence-electron chi connectivity index (χ0n) is 7.35. The predicted octanol–water partition coefficient (Wildman–Crippen LogP) is 0.554. The molecule has 6 heteroatoms. The maximum atomic E-state index is 11.4. The Balaban J connectivity index is 2.46. The molecule has 76 valence electrons. The van der Waals surface area contributed by atoms with Crippen LogP contribution in [0.15, 0.2) is 33.8 Å². The average molecular weight is 225 g/mol. The third-order valence-corrected chi connectivity index (χ3v) is 2.17. The fourth-order valence-electron chi connectivity index (χ4n) is 1.24. The highest BCUT2D eigenvalue weighted by Crippen LogP contribution is 2.18. The molecule has 0 spiro atoms. The second kappa shape index (κ2) is 3.43. The Kier molecular flexibility index (Phi) is 2.24. The van der Waals surface area contributed by atoms with Crippen LogP contribution in [0.25, 0.3) is 0 Å². The van der Waals surface area contributed by atoms with Crippen LogP contribution >= 0.6 is 11.6 Å². The van der Waals surface area contributed by atoms with Crippen LogP contribution in [0, 0.1) is 0 Å². The summed E-state index contributed by atoms with van der Waals surface area (Å²) in [7, 11) is 0. The van der Waals surface area contributed by atoms with E-state index in [1.54, 1.807) is 6.08 Å². The minimum Gasteiger partial charge on any atom is -0.475 e. The van der Waals surface area contributed by atoms with Crippen LogP contribution in [0.2, 0.25) is 0 Å². The predicted molar refractivity (Wildman–Crippen MR) is 54.4 cm³/mol. The quantitative estimate of drug-likeness (QED) is 0.661. The largest absolute Gasteiger partial charge is 0.475 e. The van der Waals surface area contributed by atoms with Crippen LogP contribution < -0.4 is 0 Å². The van der Waals surface area contributed by atoms with Gasteiger partial charge in [0.05, 0.1) is 16.7 Å². The lowest BCUT2D eigenvalue weighted by Gasteiger charge is -2.14. The number of alkyl halides is 1. The number of fused-ring (bicyclic) bond motifs is 1. The van der Waals surface area contributed by atoms with Crippen LogP contribution in [0.4, 0.5) is 0 Å². The molecule has 0 aromatic heterocycles. The average Bonchev–Trinajstić information content (AvgIpc) is 2.18. The summed E-state index contributed by atoms with van der Waals surface area (Å²) in [6, 6.07) is 0. The molecule has 1 aliphatic heterocycles. The number of aliphatic carboxylic acids is 1. The van der Waals surface area contributed by atoms with Crippen molar-refractivity contribution in [3.05, 3.63) is 23.8 Å². The normalized spacial score (nSPS) is 23.9. The van der Waals surface area contributed by atoms with Crippen molar-refractivity contribution < 1.29 is 14.7 Å². The number of hydrogen-bond donors (Lipinski definition) is 1. The van der Waals surface area contributed by atoms with Crippen LogP contribution in [-0.2, 0) is 9.59 Å². The van der Waals surface area contributed by atoms with E-state index in [-0.39, 0.29) is 11.0 Å². The van der Waals surface area contributed by atoms with E-state index in [1.165, 1.54) is 12.2 Å². The Labute approximate surface area is 89.5 Å². The first-order valence-electron chi connectivity index (χ1n) is 4.07. The Morgan fingerprint density at radius 2 is 2.20 bits per heavy atom. The number of carboxylic acids is 1. The summed E-state index contributed by atoms with van der Waals surface area (Å²) in [5.74, 6) is -2.44. The highest BCUT2D eigenvalue weighted by molar-refractivity contribution is 6.45. The molecule has 1 atom stereocenters. The lowest BCUT2D eigenvalue weighted by Crippen LogP contribution is -2.25. The summed E-state index contributed by atoms with van der Waals surface area (Å²) in [6.45, 7) is 0. The fourth-order valence-corrected chi connectivity index (χ4v) is 1.44. The molecule has 1 N–H and O–H groups in total. The van der Waals surface area contributed by atoms with Crippen molar-refractivity contribution in [2.45, 2.75) is 5.38 Å². The molecule has 5 nitrogen and oxygen atoms in total. The molecule has 2 aliphatic rings. The third-order valence-electron chi connectivity index (χ3n) is 1.90. The monoisotopic (exact) mass is 224 g/mol. The number of carboxylic acid groups (broad SMARTS) is 1. The van der Waals surface area contributed by atoms with E-state index in [9.17, 15) is 9.59 Å². The molecular weight excluding hydrogens is 220 g/mol.